The van der Waals surface area contributed by atoms with Crippen LogP contribution in [0.5, 0.6) is 0 Å². The van der Waals surface area contributed by atoms with E-state index in [1.807, 2.05) is 0 Å². The van der Waals surface area contributed by atoms with Gasteiger partial charge < -0.3 is 10.1 Å². The highest BCUT2D eigenvalue weighted by Crippen LogP contribution is 2.32. The van der Waals surface area contributed by atoms with Crippen LogP contribution in [0.25, 0.3) is 0 Å². The molecule has 2 heteroatoms. The number of rotatable bonds is 7. The maximum absolute atomic E-state index is 5.37. The normalized spacial score (nSPS) is 19.5. The van der Waals surface area contributed by atoms with Crippen LogP contribution in [0.2, 0.25) is 0 Å². The van der Waals surface area contributed by atoms with Crippen LogP contribution < -0.4 is 5.32 Å². The molecular weight excluding hydrogens is 150 g/mol. The Morgan fingerprint density at radius 1 is 1.42 bits per heavy atom. The molecule has 1 unspecified atom stereocenters. The molecule has 0 spiro atoms. The Morgan fingerprint density at radius 3 is 2.75 bits per heavy atom. The van der Waals surface area contributed by atoms with Crippen LogP contribution in [0.15, 0.2) is 0 Å². The van der Waals surface area contributed by atoms with Crippen molar-refractivity contribution in [2.24, 2.45) is 5.92 Å². The molecule has 0 aromatic heterocycles. The van der Waals surface area contributed by atoms with Crippen molar-refractivity contribution >= 4 is 0 Å². The molecule has 2 nitrogen and oxygen atoms in total. The Balaban J connectivity index is 1.81. The van der Waals surface area contributed by atoms with Gasteiger partial charge in [0, 0.05) is 19.2 Å². The van der Waals surface area contributed by atoms with E-state index in [1.54, 1.807) is 0 Å². The molecular formula is C10H21NO. The van der Waals surface area contributed by atoms with Crippen LogP contribution in [0.4, 0.5) is 0 Å². The van der Waals surface area contributed by atoms with Gasteiger partial charge in [0.25, 0.3) is 0 Å². The smallest absolute Gasteiger partial charge is 0.0590 e. The van der Waals surface area contributed by atoms with E-state index in [2.05, 4.69) is 19.2 Å². The number of ether oxygens (including phenoxy) is 1. The van der Waals surface area contributed by atoms with Gasteiger partial charge in [-0.1, -0.05) is 6.92 Å². The van der Waals surface area contributed by atoms with Gasteiger partial charge in [0.2, 0.25) is 0 Å². The molecule has 1 aliphatic carbocycles. The van der Waals surface area contributed by atoms with E-state index in [1.165, 1.54) is 12.8 Å². The van der Waals surface area contributed by atoms with Crippen molar-refractivity contribution in [3.8, 4) is 0 Å². The summed E-state index contributed by atoms with van der Waals surface area (Å²) >= 11 is 0. The molecule has 1 aliphatic rings. The van der Waals surface area contributed by atoms with Crippen LogP contribution in [-0.2, 0) is 4.74 Å². The summed E-state index contributed by atoms with van der Waals surface area (Å²) in [6.07, 6.45) is 3.96. The Hall–Kier alpha value is -0.0800. The molecule has 1 saturated carbocycles. The summed E-state index contributed by atoms with van der Waals surface area (Å²) in [5.41, 5.74) is 0. The minimum atomic E-state index is 0.704. The van der Waals surface area contributed by atoms with Crippen molar-refractivity contribution in [1.82, 2.24) is 5.32 Å². The standard InChI is InChI=1S/C10H21NO/c1-3-7-12-8-6-11-9(2)10-4-5-10/h9-11H,3-8H2,1-2H3. The van der Waals surface area contributed by atoms with Crippen molar-refractivity contribution in [2.45, 2.75) is 39.2 Å². The first-order valence-corrected chi connectivity index (χ1v) is 5.15. The van der Waals surface area contributed by atoms with E-state index < -0.39 is 0 Å². The fourth-order valence-electron chi connectivity index (χ4n) is 1.37. The average Bonchev–Trinajstić information content (AvgIpc) is 2.86. The lowest BCUT2D eigenvalue weighted by Gasteiger charge is -2.12. The van der Waals surface area contributed by atoms with Gasteiger partial charge in [-0.25, -0.2) is 0 Å². The second kappa shape index (κ2) is 5.55. The second-order valence-corrected chi connectivity index (χ2v) is 3.69. The van der Waals surface area contributed by atoms with Crippen molar-refractivity contribution in [1.29, 1.82) is 0 Å². The monoisotopic (exact) mass is 171 g/mol. The molecule has 0 radical (unpaired) electrons. The average molecular weight is 171 g/mol. The molecule has 12 heavy (non-hydrogen) atoms. The molecule has 0 aromatic carbocycles. The van der Waals surface area contributed by atoms with Gasteiger partial charge in [0.15, 0.2) is 0 Å². The number of nitrogens with one attached hydrogen (secondary N) is 1. The fourth-order valence-corrected chi connectivity index (χ4v) is 1.37. The maximum Gasteiger partial charge on any atom is 0.0590 e. The van der Waals surface area contributed by atoms with E-state index in [0.717, 1.165) is 32.1 Å². The summed E-state index contributed by atoms with van der Waals surface area (Å²) in [5, 5.41) is 3.48. The van der Waals surface area contributed by atoms with E-state index in [9.17, 15) is 0 Å². The first kappa shape index (κ1) is 10.0. The van der Waals surface area contributed by atoms with Crippen molar-refractivity contribution in [2.75, 3.05) is 19.8 Å². The zero-order valence-corrected chi connectivity index (χ0v) is 8.31. The molecule has 0 aliphatic heterocycles. The topological polar surface area (TPSA) is 21.3 Å². The van der Waals surface area contributed by atoms with Gasteiger partial charge in [0.05, 0.1) is 6.61 Å². The van der Waals surface area contributed by atoms with Crippen LogP contribution in [0, 0.1) is 5.92 Å². The lowest BCUT2D eigenvalue weighted by atomic mass is 10.2. The molecule has 0 amide bonds. The lowest BCUT2D eigenvalue weighted by Crippen LogP contribution is -2.31. The first-order chi connectivity index (χ1) is 5.84. The highest BCUT2D eigenvalue weighted by atomic mass is 16.5. The number of hydrogen-bond donors (Lipinski definition) is 1. The van der Waals surface area contributed by atoms with E-state index in [0.29, 0.717) is 6.04 Å². The molecule has 0 bridgehead atoms. The van der Waals surface area contributed by atoms with Crippen LogP contribution in [0.1, 0.15) is 33.1 Å². The second-order valence-electron chi connectivity index (χ2n) is 3.69. The third kappa shape index (κ3) is 4.07. The molecule has 0 heterocycles. The summed E-state index contributed by atoms with van der Waals surface area (Å²) in [6, 6.07) is 0.704. The summed E-state index contributed by atoms with van der Waals surface area (Å²) in [7, 11) is 0. The molecule has 0 aromatic rings. The van der Waals surface area contributed by atoms with Crippen LogP contribution in [0.3, 0.4) is 0 Å². The fraction of sp³-hybridized carbons (Fsp3) is 1.00. The summed E-state index contributed by atoms with van der Waals surface area (Å²) in [6.45, 7) is 7.19. The summed E-state index contributed by atoms with van der Waals surface area (Å²) in [4.78, 5) is 0. The molecule has 1 atom stereocenters. The minimum Gasteiger partial charge on any atom is -0.380 e. The molecule has 0 saturated heterocycles. The Labute approximate surface area is 75.7 Å². The van der Waals surface area contributed by atoms with Crippen LogP contribution in [-0.4, -0.2) is 25.8 Å². The van der Waals surface area contributed by atoms with E-state index in [-0.39, 0.29) is 0 Å². The van der Waals surface area contributed by atoms with Gasteiger partial charge in [0.1, 0.15) is 0 Å². The minimum absolute atomic E-state index is 0.704. The highest BCUT2D eigenvalue weighted by Gasteiger charge is 2.26. The van der Waals surface area contributed by atoms with Gasteiger partial charge in [-0.05, 0) is 32.1 Å². The lowest BCUT2D eigenvalue weighted by molar-refractivity contribution is 0.134. The predicted molar refractivity (Wildman–Crippen MR) is 51.3 cm³/mol. The van der Waals surface area contributed by atoms with Crippen molar-refractivity contribution in [3.63, 3.8) is 0 Å². The molecule has 1 rings (SSSR count). The van der Waals surface area contributed by atoms with Crippen molar-refractivity contribution in [3.05, 3.63) is 0 Å². The Bertz CT molecular complexity index is 112. The third-order valence-electron chi connectivity index (χ3n) is 2.39. The third-order valence-corrected chi connectivity index (χ3v) is 2.39. The Kier molecular flexibility index (Phi) is 4.62. The van der Waals surface area contributed by atoms with Crippen molar-refractivity contribution < 1.29 is 4.74 Å². The zero-order valence-electron chi connectivity index (χ0n) is 8.31. The first-order valence-electron chi connectivity index (χ1n) is 5.15. The van der Waals surface area contributed by atoms with Gasteiger partial charge in [-0.2, -0.15) is 0 Å². The maximum atomic E-state index is 5.37. The quantitative estimate of drug-likeness (QED) is 0.590. The molecule has 1 fully saturated rings. The molecule has 1 N–H and O–H groups in total. The van der Waals surface area contributed by atoms with E-state index >= 15 is 0 Å². The van der Waals surface area contributed by atoms with Crippen LogP contribution >= 0.6 is 0 Å². The largest absolute Gasteiger partial charge is 0.380 e. The highest BCUT2D eigenvalue weighted by molar-refractivity contribution is 4.82. The summed E-state index contributed by atoms with van der Waals surface area (Å²) in [5.74, 6) is 0.955. The number of hydrogen-bond acceptors (Lipinski definition) is 2. The van der Waals surface area contributed by atoms with E-state index in [4.69, 9.17) is 4.74 Å². The summed E-state index contributed by atoms with van der Waals surface area (Å²) < 4.78 is 5.37. The Morgan fingerprint density at radius 2 is 2.17 bits per heavy atom. The zero-order chi connectivity index (χ0) is 8.81. The SMILES string of the molecule is CCCOCCNC(C)C1CC1. The molecule has 72 valence electrons. The van der Waals surface area contributed by atoms with Gasteiger partial charge >= 0.3 is 0 Å². The van der Waals surface area contributed by atoms with Gasteiger partial charge in [-0.3, -0.25) is 0 Å². The predicted octanol–water partition coefficient (Wildman–Crippen LogP) is 1.80. The van der Waals surface area contributed by atoms with Gasteiger partial charge in [-0.15, -0.1) is 0 Å².